The molecule has 174 valence electrons. The predicted octanol–water partition coefficient (Wildman–Crippen LogP) is 4.85. The number of amides is 4. The van der Waals surface area contributed by atoms with Crippen LogP contribution in [0, 0.1) is 5.82 Å². The lowest BCUT2D eigenvalue weighted by atomic mass is 10.1. The number of nitrogens with one attached hydrogen (secondary N) is 1. The average Bonchev–Trinajstić information content (AvgIpc) is 3.06. The number of imide groups is 1. The molecule has 1 atom stereocenters. The van der Waals surface area contributed by atoms with Crippen molar-refractivity contribution in [3.8, 4) is 5.75 Å². The summed E-state index contributed by atoms with van der Waals surface area (Å²) in [7, 11) is 1.51. The Balaban J connectivity index is 1.59. The molecular weight excluding hydrogens is 461 g/mol. The summed E-state index contributed by atoms with van der Waals surface area (Å²) in [6, 6.07) is 17.1. The number of methoxy groups -OCH3 is 1. The van der Waals surface area contributed by atoms with Crippen molar-refractivity contribution in [3.05, 3.63) is 89.2 Å². The van der Waals surface area contributed by atoms with Gasteiger partial charge in [0.15, 0.2) is 0 Å². The van der Waals surface area contributed by atoms with E-state index < -0.39 is 29.7 Å². The fraction of sp³-hybridized carbons (Fsp3) is 0.160. The summed E-state index contributed by atoms with van der Waals surface area (Å²) in [6.07, 6.45) is -0.249. The summed E-state index contributed by atoms with van der Waals surface area (Å²) in [6.45, 7) is 0.0381. The van der Waals surface area contributed by atoms with Gasteiger partial charge < -0.3 is 15.0 Å². The minimum atomic E-state index is -1.04. The first kappa shape index (κ1) is 23.3. The van der Waals surface area contributed by atoms with Crippen molar-refractivity contribution in [2.45, 2.75) is 19.0 Å². The van der Waals surface area contributed by atoms with Crippen molar-refractivity contribution in [2.24, 2.45) is 0 Å². The zero-order valence-electron chi connectivity index (χ0n) is 18.2. The number of hydrogen-bond acceptors (Lipinski definition) is 4. The highest BCUT2D eigenvalue weighted by atomic mass is 35.5. The maximum Gasteiger partial charge on any atom is 0.332 e. The smallest absolute Gasteiger partial charge is 0.332 e. The Morgan fingerprint density at radius 3 is 2.26 bits per heavy atom. The van der Waals surface area contributed by atoms with E-state index in [2.05, 4.69) is 5.32 Å². The molecule has 1 fully saturated rings. The number of hydrogen-bond donors (Lipinski definition) is 1. The molecule has 9 heteroatoms. The zero-order valence-corrected chi connectivity index (χ0v) is 19.0. The number of carbonyl (C=O) groups is 3. The van der Waals surface area contributed by atoms with E-state index in [9.17, 15) is 18.8 Å². The molecule has 3 aromatic carbocycles. The zero-order chi connectivity index (χ0) is 24.2. The van der Waals surface area contributed by atoms with Crippen LogP contribution in [0.1, 0.15) is 12.0 Å². The van der Waals surface area contributed by atoms with Crippen molar-refractivity contribution in [1.82, 2.24) is 4.90 Å². The van der Waals surface area contributed by atoms with Crippen LogP contribution in [0.15, 0.2) is 72.8 Å². The van der Waals surface area contributed by atoms with Gasteiger partial charge in [0, 0.05) is 17.3 Å². The second kappa shape index (κ2) is 9.93. The standard InChI is InChI=1S/C25H21ClFN3O4/c1-34-21-12-10-20(11-13-21)30-24(32)22(14-23(31)28-19-8-4-17(26)5-9-19)29(25(30)33)15-16-2-6-18(27)7-3-16/h2-13,22H,14-15H2,1H3,(H,28,31)/t22-/m1/s1. The Hall–Kier alpha value is -3.91. The normalized spacial score (nSPS) is 15.6. The maximum absolute atomic E-state index is 13.4. The van der Waals surface area contributed by atoms with E-state index in [0.717, 1.165) is 4.90 Å². The monoisotopic (exact) mass is 481 g/mol. The fourth-order valence-corrected chi connectivity index (χ4v) is 3.82. The minimum absolute atomic E-state index is 0.0381. The first-order chi connectivity index (χ1) is 16.4. The van der Waals surface area contributed by atoms with E-state index in [1.165, 1.54) is 36.3 Å². The van der Waals surface area contributed by atoms with Gasteiger partial charge in [0.2, 0.25) is 5.91 Å². The first-order valence-corrected chi connectivity index (χ1v) is 10.8. The maximum atomic E-state index is 13.4. The number of halogens is 2. The van der Waals surface area contributed by atoms with Crippen LogP contribution in [0.4, 0.5) is 20.6 Å². The molecule has 0 aromatic heterocycles. The summed E-state index contributed by atoms with van der Waals surface area (Å²) in [4.78, 5) is 41.8. The molecular formula is C25H21ClFN3O4. The SMILES string of the molecule is COc1ccc(N2C(=O)[C@@H](CC(=O)Nc3ccc(Cl)cc3)N(Cc3ccc(F)cc3)C2=O)cc1. The molecule has 4 rings (SSSR count). The predicted molar refractivity (Wildman–Crippen MR) is 126 cm³/mol. The highest BCUT2D eigenvalue weighted by Crippen LogP contribution is 2.30. The van der Waals surface area contributed by atoms with Gasteiger partial charge in [0.25, 0.3) is 5.91 Å². The number of rotatable bonds is 7. The third-order valence-electron chi connectivity index (χ3n) is 5.42. The summed E-state index contributed by atoms with van der Waals surface area (Å²) < 4.78 is 18.5. The van der Waals surface area contributed by atoms with Crippen LogP contribution in [0.2, 0.25) is 5.02 Å². The summed E-state index contributed by atoms with van der Waals surface area (Å²) in [5.41, 5.74) is 1.51. The molecule has 1 saturated heterocycles. The summed E-state index contributed by atoms with van der Waals surface area (Å²) in [5.74, 6) is -0.797. The Morgan fingerprint density at radius 2 is 1.65 bits per heavy atom. The van der Waals surface area contributed by atoms with Gasteiger partial charge >= 0.3 is 6.03 Å². The van der Waals surface area contributed by atoms with Gasteiger partial charge in [-0.3, -0.25) is 9.59 Å². The van der Waals surface area contributed by atoms with Crippen LogP contribution in [0.5, 0.6) is 5.75 Å². The molecule has 1 heterocycles. The lowest BCUT2D eigenvalue weighted by Gasteiger charge is -2.21. The molecule has 3 aromatic rings. The van der Waals surface area contributed by atoms with Crippen molar-refractivity contribution in [1.29, 1.82) is 0 Å². The topological polar surface area (TPSA) is 79.0 Å². The van der Waals surface area contributed by atoms with Gasteiger partial charge in [-0.1, -0.05) is 23.7 Å². The van der Waals surface area contributed by atoms with Gasteiger partial charge in [-0.2, -0.15) is 0 Å². The molecule has 0 saturated carbocycles. The Kier molecular flexibility index (Phi) is 6.79. The van der Waals surface area contributed by atoms with Crippen molar-refractivity contribution in [2.75, 3.05) is 17.3 Å². The molecule has 0 radical (unpaired) electrons. The Labute approximate surface area is 200 Å². The number of benzene rings is 3. The second-order valence-electron chi connectivity index (χ2n) is 7.68. The van der Waals surface area contributed by atoms with Gasteiger partial charge in [0.05, 0.1) is 19.2 Å². The van der Waals surface area contributed by atoms with Crippen molar-refractivity contribution in [3.63, 3.8) is 0 Å². The molecule has 34 heavy (non-hydrogen) atoms. The lowest BCUT2D eigenvalue weighted by Crippen LogP contribution is -2.37. The number of nitrogens with zero attached hydrogens (tertiary/aromatic N) is 2. The van der Waals surface area contributed by atoms with Crippen LogP contribution < -0.4 is 15.0 Å². The molecule has 1 aliphatic heterocycles. The summed E-state index contributed by atoms with van der Waals surface area (Å²) in [5, 5.41) is 3.24. The van der Waals surface area contributed by atoms with Crippen molar-refractivity contribution >= 4 is 40.8 Å². The minimum Gasteiger partial charge on any atom is -0.497 e. The van der Waals surface area contributed by atoms with Crippen LogP contribution in [-0.2, 0) is 16.1 Å². The van der Waals surface area contributed by atoms with Crippen LogP contribution in [0.3, 0.4) is 0 Å². The molecule has 4 amide bonds. The molecule has 1 N–H and O–H groups in total. The van der Waals surface area contributed by atoms with E-state index >= 15 is 0 Å². The number of carbonyl (C=O) groups excluding carboxylic acids is 3. The Bertz CT molecular complexity index is 1200. The third kappa shape index (κ3) is 5.02. The quantitative estimate of drug-likeness (QED) is 0.489. The molecule has 0 aliphatic carbocycles. The van der Waals surface area contributed by atoms with Gasteiger partial charge in [-0.15, -0.1) is 0 Å². The fourth-order valence-electron chi connectivity index (χ4n) is 3.69. The Morgan fingerprint density at radius 1 is 1.00 bits per heavy atom. The van der Waals surface area contributed by atoms with E-state index in [1.54, 1.807) is 48.5 Å². The van der Waals surface area contributed by atoms with Gasteiger partial charge in [-0.25, -0.2) is 14.1 Å². The van der Waals surface area contributed by atoms with Crippen LogP contribution >= 0.6 is 11.6 Å². The lowest BCUT2D eigenvalue weighted by molar-refractivity contribution is -0.124. The van der Waals surface area contributed by atoms with Crippen LogP contribution in [0.25, 0.3) is 0 Å². The van der Waals surface area contributed by atoms with Gasteiger partial charge in [0.1, 0.15) is 17.6 Å². The highest BCUT2D eigenvalue weighted by molar-refractivity contribution is 6.30. The molecule has 0 unspecified atom stereocenters. The van der Waals surface area contributed by atoms with E-state index in [1.807, 2.05) is 0 Å². The number of anilines is 2. The summed E-state index contributed by atoms with van der Waals surface area (Å²) >= 11 is 5.88. The molecule has 0 spiro atoms. The van der Waals surface area contributed by atoms with E-state index in [4.69, 9.17) is 16.3 Å². The van der Waals surface area contributed by atoms with E-state index in [0.29, 0.717) is 27.7 Å². The molecule has 0 bridgehead atoms. The van der Waals surface area contributed by atoms with E-state index in [-0.39, 0.29) is 13.0 Å². The number of ether oxygens (including phenoxy) is 1. The molecule has 7 nitrogen and oxygen atoms in total. The van der Waals surface area contributed by atoms with Crippen molar-refractivity contribution < 1.29 is 23.5 Å². The highest BCUT2D eigenvalue weighted by Gasteiger charge is 2.46. The molecule has 1 aliphatic rings. The largest absolute Gasteiger partial charge is 0.497 e. The third-order valence-corrected chi connectivity index (χ3v) is 5.67. The average molecular weight is 482 g/mol. The first-order valence-electron chi connectivity index (χ1n) is 10.4. The van der Waals surface area contributed by atoms with Gasteiger partial charge in [-0.05, 0) is 66.2 Å². The second-order valence-corrected chi connectivity index (χ2v) is 8.12. The number of urea groups is 1. The van der Waals surface area contributed by atoms with Crippen LogP contribution in [-0.4, -0.2) is 35.9 Å².